The normalized spacial score (nSPS) is 19.2. The first-order chi connectivity index (χ1) is 9.31. The highest BCUT2D eigenvalue weighted by Gasteiger charge is 2.26. The summed E-state index contributed by atoms with van der Waals surface area (Å²) in [6, 6.07) is 0.493. The molecule has 1 unspecified atom stereocenters. The van der Waals surface area contributed by atoms with Gasteiger partial charge in [-0.05, 0) is 26.3 Å². The maximum atomic E-state index is 5.24. The summed E-state index contributed by atoms with van der Waals surface area (Å²) >= 11 is 0. The molecule has 6 nitrogen and oxygen atoms in total. The first-order valence-electron chi connectivity index (χ1n) is 6.85. The van der Waals surface area contributed by atoms with E-state index < -0.39 is 0 Å². The maximum Gasteiger partial charge on any atom is 0.263 e. The zero-order valence-corrected chi connectivity index (χ0v) is 11.4. The molecule has 3 rings (SSSR count). The number of nitrogens with zero attached hydrogens (tertiary/aromatic N) is 4. The molecule has 0 bridgehead atoms. The third-order valence-electron chi connectivity index (χ3n) is 3.63. The van der Waals surface area contributed by atoms with E-state index >= 15 is 0 Å². The van der Waals surface area contributed by atoms with E-state index in [2.05, 4.69) is 32.3 Å². The fraction of sp³-hybridized carbons (Fsp3) is 0.615. The molecule has 0 aromatic carbocycles. The van der Waals surface area contributed by atoms with E-state index in [9.17, 15) is 0 Å². The van der Waals surface area contributed by atoms with Gasteiger partial charge in [0.2, 0.25) is 0 Å². The summed E-state index contributed by atoms with van der Waals surface area (Å²) in [6.45, 7) is 7.20. The molecule has 1 aliphatic rings. The monoisotopic (exact) mass is 261 g/mol. The molecule has 1 aliphatic heterocycles. The molecule has 6 heteroatoms. The molecule has 0 saturated carbocycles. The van der Waals surface area contributed by atoms with Gasteiger partial charge < -0.3 is 14.7 Å². The van der Waals surface area contributed by atoms with Crippen LogP contribution >= 0.6 is 0 Å². The van der Waals surface area contributed by atoms with Gasteiger partial charge in [-0.2, -0.15) is 4.98 Å². The fourth-order valence-corrected chi connectivity index (χ4v) is 2.73. The van der Waals surface area contributed by atoms with Crippen molar-refractivity contribution in [2.45, 2.75) is 32.7 Å². The zero-order chi connectivity index (χ0) is 13.2. The predicted molar refractivity (Wildman–Crippen MR) is 73.2 cm³/mol. The number of rotatable bonds is 4. The van der Waals surface area contributed by atoms with Crippen LogP contribution in [0.1, 0.15) is 25.5 Å². The van der Waals surface area contributed by atoms with Gasteiger partial charge in [-0.15, -0.1) is 0 Å². The van der Waals surface area contributed by atoms with E-state index in [0.29, 0.717) is 11.8 Å². The first kappa shape index (κ1) is 12.3. The van der Waals surface area contributed by atoms with E-state index in [1.54, 1.807) is 6.33 Å². The summed E-state index contributed by atoms with van der Waals surface area (Å²) in [4.78, 5) is 11.0. The van der Waals surface area contributed by atoms with Gasteiger partial charge in [0.1, 0.15) is 17.5 Å². The van der Waals surface area contributed by atoms with Crippen molar-refractivity contribution in [1.82, 2.24) is 20.4 Å². The second kappa shape index (κ2) is 5.13. The Hall–Kier alpha value is -1.69. The summed E-state index contributed by atoms with van der Waals surface area (Å²) in [7, 11) is 0. The second-order valence-electron chi connectivity index (χ2n) is 4.99. The Labute approximate surface area is 112 Å². The van der Waals surface area contributed by atoms with Gasteiger partial charge in [-0.25, -0.2) is 4.98 Å². The minimum Gasteiger partial charge on any atom is -0.352 e. The van der Waals surface area contributed by atoms with Crippen LogP contribution in [0.25, 0.3) is 11.1 Å². The van der Waals surface area contributed by atoms with Crippen LogP contribution in [0, 0.1) is 6.92 Å². The zero-order valence-electron chi connectivity index (χ0n) is 11.4. The summed E-state index contributed by atoms with van der Waals surface area (Å²) in [5.41, 5.74) is 1.44. The van der Waals surface area contributed by atoms with Crippen molar-refractivity contribution >= 4 is 16.9 Å². The topological polar surface area (TPSA) is 67.1 Å². The Balaban J connectivity index is 2.06. The van der Waals surface area contributed by atoms with Crippen molar-refractivity contribution < 1.29 is 4.52 Å². The Kier molecular flexibility index (Phi) is 3.33. The van der Waals surface area contributed by atoms with Crippen LogP contribution < -0.4 is 10.2 Å². The standard InChI is InChI=1S/C13H19N5O/c1-3-6-18(10-4-5-14-7-10)12-11-9(2)17-19-13(11)16-8-15-12/h8,10,14H,3-7H2,1-2H3. The van der Waals surface area contributed by atoms with Gasteiger partial charge in [-0.3, -0.25) is 0 Å². The molecule has 1 N–H and O–H groups in total. The fourth-order valence-electron chi connectivity index (χ4n) is 2.73. The average Bonchev–Trinajstić information content (AvgIpc) is 3.06. The van der Waals surface area contributed by atoms with Crippen molar-refractivity contribution in [3.63, 3.8) is 0 Å². The molecule has 0 spiro atoms. The molecule has 1 saturated heterocycles. The molecule has 0 aliphatic carbocycles. The van der Waals surface area contributed by atoms with Crippen molar-refractivity contribution in [2.75, 3.05) is 24.5 Å². The summed E-state index contributed by atoms with van der Waals surface area (Å²) in [5.74, 6) is 0.958. The molecule has 1 fully saturated rings. The van der Waals surface area contributed by atoms with Crippen molar-refractivity contribution in [3.8, 4) is 0 Å². The van der Waals surface area contributed by atoms with Crippen LogP contribution in [0.2, 0.25) is 0 Å². The van der Waals surface area contributed by atoms with Gasteiger partial charge in [0.05, 0.1) is 5.69 Å². The lowest BCUT2D eigenvalue weighted by atomic mass is 10.2. The van der Waals surface area contributed by atoms with E-state index in [1.807, 2.05) is 6.92 Å². The summed E-state index contributed by atoms with van der Waals surface area (Å²) in [6.07, 6.45) is 3.80. The number of aromatic nitrogens is 3. The number of anilines is 1. The molecular formula is C13H19N5O. The minimum atomic E-state index is 0.493. The van der Waals surface area contributed by atoms with E-state index in [0.717, 1.165) is 49.4 Å². The van der Waals surface area contributed by atoms with E-state index in [1.165, 1.54) is 0 Å². The Bertz CT molecular complexity index is 561. The molecule has 0 radical (unpaired) electrons. The molecular weight excluding hydrogens is 242 g/mol. The minimum absolute atomic E-state index is 0.493. The SMILES string of the molecule is CCCN(c1ncnc2onc(C)c12)C1CCNC1. The highest BCUT2D eigenvalue weighted by molar-refractivity contribution is 5.88. The summed E-state index contributed by atoms with van der Waals surface area (Å²) < 4.78 is 5.24. The largest absolute Gasteiger partial charge is 0.352 e. The number of nitrogens with one attached hydrogen (secondary N) is 1. The average molecular weight is 261 g/mol. The van der Waals surface area contributed by atoms with Gasteiger partial charge in [0.25, 0.3) is 5.71 Å². The lowest BCUT2D eigenvalue weighted by Gasteiger charge is -2.29. The van der Waals surface area contributed by atoms with Crippen LogP contribution in [0.5, 0.6) is 0 Å². The maximum absolute atomic E-state index is 5.24. The first-order valence-corrected chi connectivity index (χ1v) is 6.85. The van der Waals surface area contributed by atoms with E-state index in [4.69, 9.17) is 4.52 Å². The molecule has 3 heterocycles. The summed E-state index contributed by atoms with van der Waals surface area (Å²) in [5, 5.41) is 8.37. The highest BCUT2D eigenvalue weighted by Crippen LogP contribution is 2.28. The smallest absolute Gasteiger partial charge is 0.263 e. The predicted octanol–water partition coefficient (Wildman–Crippen LogP) is 1.50. The molecule has 0 amide bonds. The Morgan fingerprint density at radius 3 is 3.11 bits per heavy atom. The van der Waals surface area contributed by atoms with Crippen LogP contribution in [0.3, 0.4) is 0 Å². The van der Waals surface area contributed by atoms with Gasteiger partial charge in [0.15, 0.2) is 0 Å². The molecule has 2 aromatic rings. The van der Waals surface area contributed by atoms with Crippen LogP contribution in [0.4, 0.5) is 5.82 Å². The number of hydrogen-bond acceptors (Lipinski definition) is 6. The number of hydrogen-bond donors (Lipinski definition) is 1. The van der Waals surface area contributed by atoms with Crippen molar-refractivity contribution in [1.29, 1.82) is 0 Å². The molecule has 1 atom stereocenters. The molecule has 102 valence electrons. The number of aryl methyl sites for hydroxylation is 1. The lowest BCUT2D eigenvalue weighted by Crippen LogP contribution is -2.38. The van der Waals surface area contributed by atoms with Crippen LogP contribution in [-0.4, -0.2) is 40.8 Å². The van der Waals surface area contributed by atoms with Crippen LogP contribution in [0.15, 0.2) is 10.9 Å². The van der Waals surface area contributed by atoms with Gasteiger partial charge in [-0.1, -0.05) is 12.1 Å². The van der Waals surface area contributed by atoms with Crippen molar-refractivity contribution in [3.05, 3.63) is 12.0 Å². The van der Waals surface area contributed by atoms with Gasteiger partial charge in [0, 0.05) is 19.1 Å². The van der Waals surface area contributed by atoms with Gasteiger partial charge >= 0.3 is 0 Å². The van der Waals surface area contributed by atoms with E-state index in [-0.39, 0.29) is 0 Å². The van der Waals surface area contributed by atoms with Crippen molar-refractivity contribution in [2.24, 2.45) is 0 Å². The Morgan fingerprint density at radius 2 is 2.37 bits per heavy atom. The Morgan fingerprint density at radius 1 is 1.47 bits per heavy atom. The molecule has 19 heavy (non-hydrogen) atoms. The number of fused-ring (bicyclic) bond motifs is 1. The third kappa shape index (κ3) is 2.16. The van der Waals surface area contributed by atoms with Crippen LogP contribution in [-0.2, 0) is 0 Å². The highest BCUT2D eigenvalue weighted by atomic mass is 16.5. The lowest BCUT2D eigenvalue weighted by molar-refractivity contribution is 0.442. The third-order valence-corrected chi connectivity index (χ3v) is 3.63. The second-order valence-corrected chi connectivity index (χ2v) is 4.99. The quantitative estimate of drug-likeness (QED) is 0.899. The molecule has 2 aromatic heterocycles.